The minimum atomic E-state index is -4.31. The monoisotopic (exact) mass is 305 g/mol. The fourth-order valence-electron chi connectivity index (χ4n) is 2.93. The van der Waals surface area contributed by atoms with Gasteiger partial charge in [-0.15, -0.1) is 0 Å². The van der Waals surface area contributed by atoms with Gasteiger partial charge in [0.25, 0.3) is 0 Å². The highest BCUT2D eigenvalue weighted by Crippen LogP contribution is 2.36. The summed E-state index contributed by atoms with van der Waals surface area (Å²) in [6, 6.07) is 2.74. The Kier molecular flexibility index (Phi) is 4.37. The van der Waals surface area contributed by atoms with Crippen molar-refractivity contribution in [3.05, 3.63) is 29.6 Å². The summed E-state index contributed by atoms with van der Waals surface area (Å²) in [5.41, 5.74) is 0.174. The molecule has 1 aromatic rings. The highest BCUT2D eigenvalue weighted by Gasteiger charge is 2.40. The Morgan fingerprint density at radius 3 is 1.68 bits per heavy atom. The molecule has 0 spiro atoms. The SMILES string of the molecule is C[Si](C)(C)C(c1ccc(C(F)(F)F)cn1)[Si](C)(C)C. The molecule has 0 aromatic carbocycles. The molecule has 0 bridgehead atoms. The highest BCUT2D eigenvalue weighted by atomic mass is 28.4. The van der Waals surface area contributed by atoms with Crippen molar-refractivity contribution in [2.45, 2.75) is 50.6 Å². The number of alkyl halides is 3. The maximum atomic E-state index is 12.6. The molecule has 0 unspecified atom stereocenters. The molecule has 6 heteroatoms. The third-order valence-electron chi connectivity index (χ3n) is 3.14. The Hall–Kier alpha value is -0.626. The number of pyridine rings is 1. The average Bonchev–Trinajstić information content (AvgIpc) is 2.12. The Bertz CT molecular complexity index is 413. The average molecular weight is 305 g/mol. The van der Waals surface area contributed by atoms with E-state index in [1.165, 1.54) is 0 Å². The van der Waals surface area contributed by atoms with Crippen LogP contribution in [0.2, 0.25) is 39.3 Å². The van der Waals surface area contributed by atoms with Crippen LogP contribution >= 0.6 is 0 Å². The fraction of sp³-hybridized carbons (Fsp3) is 0.615. The molecule has 0 N–H and O–H groups in total. The molecule has 0 aliphatic heterocycles. The van der Waals surface area contributed by atoms with Gasteiger partial charge in [-0.3, -0.25) is 4.98 Å². The smallest absolute Gasteiger partial charge is 0.261 e. The number of nitrogens with zero attached hydrogens (tertiary/aromatic N) is 1. The zero-order valence-electron chi connectivity index (χ0n) is 12.4. The van der Waals surface area contributed by atoms with Crippen molar-refractivity contribution in [3.63, 3.8) is 0 Å². The van der Waals surface area contributed by atoms with Gasteiger partial charge in [0.2, 0.25) is 0 Å². The van der Waals surface area contributed by atoms with Crippen LogP contribution in [0, 0.1) is 0 Å². The van der Waals surface area contributed by atoms with Crippen LogP contribution in [0.15, 0.2) is 18.3 Å². The van der Waals surface area contributed by atoms with Crippen LogP contribution in [0.25, 0.3) is 0 Å². The predicted molar refractivity (Wildman–Crippen MR) is 78.7 cm³/mol. The topological polar surface area (TPSA) is 12.9 Å². The summed E-state index contributed by atoms with van der Waals surface area (Å²) in [4.78, 5) is 4.13. The second-order valence-electron chi connectivity index (χ2n) is 7.13. The molecule has 1 aromatic heterocycles. The molecule has 0 aliphatic rings. The molecule has 0 fully saturated rings. The highest BCUT2D eigenvalue weighted by molar-refractivity contribution is 6.96. The van der Waals surface area contributed by atoms with Gasteiger partial charge in [-0.05, 0) is 17.3 Å². The van der Waals surface area contributed by atoms with E-state index in [0.29, 0.717) is 5.16 Å². The summed E-state index contributed by atoms with van der Waals surface area (Å²) < 4.78 is 37.7. The molecule has 0 amide bonds. The Morgan fingerprint density at radius 2 is 1.42 bits per heavy atom. The van der Waals surface area contributed by atoms with Gasteiger partial charge in [-0.1, -0.05) is 39.3 Å². The first-order chi connectivity index (χ1) is 8.33. The summed E-state index contributed by atoms with van der Waals surface area (Å²) in [6.45, 7) is 13.6. The van der Waals surface area contributed by atoms with Crippen molar-refractivity contribution in [3.8, 4) is 0 Å². The van der Waals surface area contributed by atoms with Crippen molar-refractivity contribution >= 4 is 16.1 Å². The molecule has 0 saturated heterocycles. The molecule has 0 saturated carbocycles. The zero-order chi connectivity index (χ0) is 15.1. The largest absolute Gasteiger partial charge is 0.417 e. The molecule has 0 aliphatic carbocycles. The van der Waals surface area contributed by atoms with Gasteiger partial charge < -0.3 is 0 Å². The van der Waals surface area contributed by atoms with E-state index in [4.69, 9.17) is 0 Å². The maximum Gasteiger partial charge on any atom is 0.417 e. The van der Waals surface area contributed by atoms with Gasteiger partial charge in [-0.2, -0.15) is 13.2 Å². The standard InChI is InChI=1S/C13H22F3NSi2/c1-18(2,3)12(19(4,5)6)11-8-7-10(9-17-11)13(14,15)16/h7-9,12H,1-6H3. The lowest BCUT2D eigenvalue weighted by atomic mass is 10.2. The van der Waals surface area contributed by atoms with Crippen LogP contribution in [0.1, 0.15) is 16.4 Å². The molecule has 0 radical (unpaired) electrons. The van der Waals surface area contributed by atoms with Crippen molar-refractivity contribution in [2.24, 2.45) is 0 Å². The van der Waals surface area contributed by atoms with Crippen LogP contribution in [0.3, 0.4) is 0 Å². The second-order valence-corrected chi connectivity index (χ2v) is 18.3. The number of hydrogen-bond acceptors (Lipinski definition) is 1. The lowest BCUT2D eigenvalue weighted by molar-refractivity contribution is -0.137. The van der Waals surface area contributed by atoms with Crippen LogP contribution in [-0.4, -0.2) is 21.1 Å². The fourth-order valence-corrected chi connectivity index (χ4v) is 15.4. The van der Waals surface area contributed by atoms with Crippen molar-refractivity contribution in [1.82, 2.24) is 4.98 Å². The van der Waals surface area contributed by atoms with Gasteiger partial charge >= 0.3 is 6.18 Å². The van der Waals surface area contributed by atoms with E-state index < -0.39 is 27.9 Å². The summed E-state index contributed by atoms with van der Waals surface area (Å²) in [5, 5.41) is 0.363. The molecule has 19 heavy (non-hydrogen) atoms. The summed E-state index contributed by atoms with van der Waals surface area (Å²) in [6.07, 6.45) is -3.33. The van der Waals surface area contributed by atoms with Crippen molar-refractivity contribution in [2.75, 3.05) is 0 Å². The van der Waals surface area contributed by atoms with Crippen LogP contribution in [-0.2, 0) is 6.18 Å². The summed E-state index contributed by atoms with van der Waals surface area (Å²) in [7, 11) is -3.02. The van der Waals surface area contributed by atoms with E-state index in [-0.39, 0.29) is 0 Å². The first-order valence-corrected chi connectivity index (χ1v) is 13.5. The lowest BCUT2D eigenvalue weighted by Gasteiger charge is -2.38. The van der Waals surface area contributed by atoms with Gasteiger partial charge in [0.15, 0.2) is 0 Å². The summed E-state index contributed by atoms with van der Waals surface area (Å²) >= 11 is 0. The first-order valence-electron chi connectivity index (χ1n) is 6.36. The Balaban J connectivity index is 3.20. The molecule has 1 nitrogen and oxygen atoms in total. The van der Waals surface area contributed by atoms with Gasteiger partial charge in [0.05, 0.1) is 21.7 Å². The third kappa shape index (κ3) is 4.17. The predicted octanol–water partition coefficient (Wildman–Crippen LogP) is 4.94. The normalized spacial score (nSPS) is 14.0. The van der Waals surface area contributed by atoms with Crippen LogP contribution in [0.4, 0.5) is 13.2 Å². The van der Waals surface area contributed by atoms with Gasteiger partial charge in [0, 0.05) is 11.9 Å². The second kappa shape index (κ2) is 5.05. The van der Waals surface area contributed by atoms with E-state index in [9.17, 15) is 13.2 Å². The third-order valence-corrected chi connectivity index (χ3v) is 12.4. The minimum Gasteiger partial charge on any atom is -0.261 e. The molecular formula is C13H22F3NSi2. The van der Waals surface area contributed by atoms with E-state index >= 15 is 0 Å². The molecule has 108 valence electrons. The van der Waals surface area contributed by atoms with E-state index in [1.807, 2.05) is 0 Å². The Labute approximate surface area is 115 Å². The van der Waals surface area contributed by atoms with E-state index in [2.05, 4.69) is 44.3 Å². The molecule has 1 rings (SSSR count). The first kappa shape index (κ1) is 16.4. The molecule has 1 heterocycles. The Morgan fingerprint density at radius 1 is 0.947 bits per heavy atom. The number of aromatic nitrogens is 1. The molecular weight excluding hydrogens is 283 g/mol. The van der Waals surface area contributed by atoms with Crippen LogP contribution < -0.4 is 0 Å². The molecule has 0 atom stereocenters. The van der Waals surface area contributed by atoms with Crippen molar-refractivity contribution < 1.29 is 13.2 Å². The number of halogens is 3. The number of rotatable bonds is 3. The summed E-state index contributed by atoms with van der Waals surface area (Å²) in [5.74, 6) is 0. The van der Waals surface area contributed by atoms with Gasteiger partial charge in [-0.25, -0.2) is 0 Å². The van der Waals surface area contributed by atoms with Gasteiger partial charge in [0.1, 0.15) is 0 Å². The van der Waals surface area contributed by atoms with E-state index in [1.54, 1.807) is 6.07 Å². The van der Waals surface area contributed by atoms with Crippen molar-refractivity contribution in [1.29, 1.82) is 0 Å². The lowest BCUT2D eigenvalue weighted by Crippen LogP contribution is -2.46. The number of hydrogen-bond donors (Lipinski definition) is 0. The maximum absolute atomic E-state index is 12.6. The minimum absolute atomic E-state index is 0.363. The quantitative estimate of drug-likeness (QED) is 0.721. The zero-order valence-corrected chi connectivity index (χ0v) is 14.4. The van der Waals surface area contributed by atoms with Crippen LogP contribution in [0.5, 0.6) is 0 Å². The van der Waals surface area contributed by atoms with E-state index in [0.717, 1.165) is 18.0 Å².